The van der Waals surface area contributed by atoms with Gasteiger partial charge in [0.15, 0.2) is 0 Å². The molecule has 0 amide bonds. The molecule has 1 aliphatic heterocycles. The quantitative estimate of drug-likeness (QED) is 0.482. The Balaban J connectivity index is 2.41. The number of aliphatic hydroxyl groups is 2. The summed E-state index contributed by atoms with van der Waals surface area (Å²) in [6, 6.07) is 0. The first-order valence-corrected chi connectivity index (χ1v) is 2.92. The zero-order valence-corrected chi connectivity index (χ0v) is 5.03. The van der Waals surface area contributed by atoms with E-state index in [0.29, 0.717) is 6.61 Å². The SMILES string of the molecule is [CH]C1CO[C@H](CO)[C@@H]1O. The summed E-state index contributed by atoms with van der Waals surface area (Å²) in [6.45, 7) is 5.54. The van der Waals surface area contributed by atoms with Crippen LogP contribution in [0.2, 0.25) is 0 Å². The predicted octanol–water partition coefficient (Wildman–Crippen LogP) is -0.934. The van der Waals surface area contributed by atoms with Gasteiger partial charge >= 0.3 is 0 Å². The first kappa shape index (κ1) is 6.99. The fourth-order valence-corrected chi connectivity index (χ4v) is 0.868. The topological polar surface area (TPSA) is 49.7 Å². The molecular weight excluding hydrogens is 120 g/mol. The van der Waals surface area contributed by atoms with Crippen molar-refractivity contribution in [3.63, 3.8) is 0 Å². The number of hydrogen-bond acceptors (Lipinski definition) is 3. The van der Waals surface area contributed by atoms with Crippen LogP contribution < -0.4 is 0 Å². The maximum atomic E-state index is 9.05. The second kappa shape index (κ2) is 2.64. The van der Waals surface area contributed by atoms with Gasteiger partial charge in [0, 0.05) is 5.92 Å². The molecule has 1 heterocycles. The second-order valence-electron chi connectivity index (χ2n) is 2.21. The summed E-state index contributed by atoms with van der Waals surface area (Å²) in [4.78, 5) is 0. The molecule has 1 aliphatic rings. The second-order valence-corrected chi connectivity index (χ2v) is 2.21. The lowest BCUT2D eigenvalue weighted by molar-refractivity contribution is 0.00262. The average molecular weight is 130 g/mol. The Labute approximate surface area is 54.3 Å². The smallest absolute Gasteiger partial charge is 0.107 e. The third kappa shape index (κ3) is 1.23. The van der Waals surface area contributed by atoms with Gasteiger partial charge in [-0.05, 0) is 6.92 Å². The molecule has 1 saturated heterocycles. The van der Waals surface area contributed by atoms with Crippen LogP contribution in [-0.2, 0) is 4.74 Å². The lowest BCUT2D eigenvalue weighted by Crippen LogP contribution is -2.27. The lowest BCUT2D eigenvalue weighted by atomic mass is 10.1. The van der Waals surface area contributed by atoms with Gasteiger partial charge in [-0.25, -0.2) is 0 Å². The van der Waals surface area contributed by atoms with Crippen LogP contribution >= 0.6 is 0 Å². The summed E-state index contributed by atoms with van der Waals surface area (Å²) in [5, 5.41) is 17.6. The van der Waals surface area contributed by atoms with Gasteiger partial charge in [-0.15, -0.1) is 0 Å². The minimum Gasteiger partial charge on any atom is -0.394 e. The van der Waals surface area contributed by atoms with E-state index in [0.717, 1.165) is 0 Å². The highest BCUT2D eigenvalue weighted by Gasteiger charge is 2.31. The molecule has 2 radical (unpaired) electrons. The van der Waals surface area contributed by atoms with E-state index in [1.54, 1.807) is 0 Å². The molecule has 0 aromatic carbocycles. The average Bonchev–Trinajstić information content (AvgIpc) is 2.15. The lowest BCUT2D eigenvalue weighted by Gasteiger charge is -2.10. The van der Waals surface area contributed by atoms with Gasteiger partial charge in [0.1, 0.15) is 6.10 Å². The number of aliphatic hydroxyl groups excluding tert-OH is 2. The van der Waals surface area contributed by atoms with Gasteiger partial charge in [-0.3, -0.25) is 0 Å². The molecule has 0 aromatic rings. The summed E-state index contributed by atoms with van der Waals surface area (Å²) < 4.78 is 4.90. The molecule has 52 valence electrons. The monoisotopic (exact) mass is 130 g/mol. The maximum Gasteiger partial charge on any atom is 0.107 e. The standard InChI is InChI=1S/C6H10O3/c1-4-3-9-5(2-7)6(4)8/h1,4-8H,2-3H2/t4?,5-,6-/m1/s1. The predicted molar refractivity (Wildman–Crippen MR) is 30.6 cm³/mol. The highest BCUT2D eigenvalue weighted by molar-refractivity contribution is 4.83. The summed E-state index contributed by atoms with van der Waals surface area (Å²) in [7, 11) is 0. The zero-order valence-electron chi connectivity index (χ0n) is 5.03. The molecule has 0 spiro atoms. The summed E-state index contributed by atoms with van der Waals surface area (Å²) in [5.74, 6) is -0.331. The molecule has 1 fully saturated rings. The van der Waals surface area contributed by atoms with Crippen LogP contribution in [0.3, 0.4) is 0 Å². The van der Waals surface area contributed by atoms with Crippen molar-refractivity contribution in [1.82, 2.24) is 0 Å². The first-order valence-electron chi connectivity index (χ1n) is 2.92. The number of ether oxygens (including phenoxy) is 1. The summed E-state index contributed by atoms with van der Waals surface area (Å²) in [6.07, 6.45) is -1.17. The molecule has 1 rings (SSSR count). The largest absolute Gasteiger partial charge is 0.394 e. The maximum absolute atomic E-state index is 9.05. The molecule has 3 atom stereocenters. The van der Waals surface area contributed by atoms with Crippen LogP contribution in [0.1, 0.15) is 0 Å². The van der Waals surface area contributed by atoms with Crippen molar-refractivity contribution in [3.8, 4) is 0 Å². The van der Waals surface area contributed by atoms with Crippen LogP contribution in [0, 0.1) is 12.8 Å². The van der Waals surface area contributed by atoms with Gasteiger partial charge in [0.05, 0.1) is 19.3 Å². The fourth-order valence-electron chi connectivity index (χ4n) is 0.868. The van der Waals surface area contributed by atoms with E-state index < -0.39 is 12.2 Å². The van der Waals surface area contributed by atoms with Crippen molar-refractivity contribution in [1.29, 1.82) is 0 Å². The highest BCUT2D eigenvalue weighted by Crippen LogP contribution is 2.18. The molecule has 9 heavy (non-hydrogen) atoms. The Hall–Kier alpha value is -0.120. The molecule has 0 aliphatic carbocycles. The van der Waals surface area contributed by atoms with Crippen molar-refractivity contribution in [2.75, 3.05) is 13.2 Å². The minimum atomic E-state index is -0.699. The van der Waals surface area contributed by atoms with Gasteiger partial charge < -0.3 is 14.9 Å². The van der Waals surface area contributed by atoms with E-state index >= 15 is 0 Å². The Kier molecular flexibility index (Phi) is 2.05. The van der Waals surface area contributed by atoms with Crippen LogP contribution in [0.25, 0.3) is 0 Å². The minimum absolute atomic E-state index is 0.158. The van der Waals surface area contributed by atoms with Crippen LogP contribution in [0.15, 0.2) is 0 Å². The highest BCUT2D eigenvalue weighted by atomic mass is 16.5. The number of hydrogen-bond donors (Lipinski definition) is 2. The van der Waals surface area contributed by atoms with Gasteiger partial charge in [0.25, 0.3) is 0 Å². The number of rotatable bonds is 1. The van der Waals surface area contributed by atoms with E-state index in [2.05, 4.69) is 0 Å². The molecule has 2 N–H and O–H groups in total. The Bertz CT molecular complexity index is 94.3. The van der Waals surface area contributed by atoms with E-state index in [-0.39, 0.29) is 12.5 Å². The molecule has 0 aromatic heterocycles. The Morgan fingerprint density at radius 1 is 1.67 bits per heavy atom. The Morgan fingerprint density at radius 3 is 2.56 bits per heavy atom. The van der Waals surface area contributed by atoms with Crippen LogP contribution in [-0.4, -0.2) is 35.6 Å². The fraction of sp³-hybridized carbons (Fsp3) is 0.833. The molecule has 0 bridgehead atoms. The zero-order chi connectivity index (χ0) is 6.85. The molecular formula is C6H10O3. The van der Waals surface area contributed by atoms with Crippen molar-refractivity contribution < 1.29 is 14.9 Å². The van der Waals surface area contributed by atoms with Gasteiger partial charge in [0.2, 0.25) is 0 Å². The normalized spacial score (nSPS) is 43.7. The third-order valence-electron chi connectivity index (χ3n) is 1.50. The van der Waals surface area contributed by atoms with E-state index in [9.17, 15) is 0 Å². The molecule has 3 heteroatoms. The van der Waals surface area contributed by atoms with Crippen LogP contribution in [0.5, 0.6) is 0 Å². The van der Waals surface area contributed by atoms with Crippen molar-refractivity contribution in [2.45, 2.75) is 12.2 Å². The summed E-state index contributed by atoms with van der Waals surface area (Å²) in [5.41, 5.74) is 0. The Morgan fingerprint density at radius 2 is 2.33 bits per heavy atom. The molecule has 0 saturated carbocycles. The van der Waals surface area contributed by atoms with Crippen molar-refractivity contribution in [2.24, 2.45) is 5.92 Å². The van der Waals surface area contributed by atoms with Gasteiger partial charge in [-0.1, -0.05) is 0 Å². The third-order valence-corrected chi connectivity index (χ3v) is 1.50. The first-order chi connectivity index (χ1) is 4.25. The van der Waals surface area contributed by atoms with E-state index in [4.69, 9.17) is 21.9 Å². The van der Waals surface area contributed by atoms with Crippen LogP contribution in [0.4, 0.5) is 0 Å². The summed E-state index contributed by atoms with van der Waals surface area (Å²) >= 11 is 0. The van der Waals surface area contributed by atoms with E-state index in [1.165, 1.54) is 0 Å². The van der Waals surface area contributed by atoms with E-state index in [1.807, 2.05) is 0 Å². The molecule has 1 unspecified atom stereocenters. The van der Waals surface area contributed by atoms with Gasteiger partial charge in [-0.2, -0.15) is 0 Å². The molecule has 3 nitrogen and oxygen atoms in total. The van der Waals surface area contributed by atoms with Crippen molar-refractivity contribution >= 4 is 0 Å². The van der Waals surface area contributed by atoms with Crippen molar-refractivity contribution in [3.05, 3.63) is 6.92 Å².